The first kappa shape index (κ1) is 29.9. The molecule has 38 heavy (non-hydrogen) atoms. The predicted octanol–water partition coefficient (Wildman–Crippen LogP) is 3.46. The number of ether oxygens (including phenoxy) is 1. The van der Waals surface area contributed by atoms with E-state index in [0.717, 1.165) is 0 Å². The Morgan fingerprint density at radius 2 is 1.71 bits per heavy atom. The molecule has 4 rings (SSSR count). The van der Waals surface area contributed by atoms with Crippen molar-refractivity contribution in [1.29, 1.82) is 0 Å². The van der Waals surface area contributed by atoms with Crippen molar-refractivity contribution in [2.75, 3.05) is 12.4 Å². The molecular weight excluding hydrogens is 564 g/mol. The number of hydrogen-bond donors (Lipinski definition) is 2. The van der Waals surface area contributed by atoms with Gasteiger partial charge in [0.1, 0.15) is 16.3 Å². The van der Waals surface area contributed by atoms with Gasteiger partial charge in [-0.1, -0.05) is 53.2 Å². The van der Waals surface area contributed by atoms with Crippen molar-refractivity contribution in [3.63, 3.8) is 0 Å². The Labute approximate surface area is 250 Å². The van der Waals surface area contributed by atoms with Gasteiger partial charge in [0, 0.05) is 27.7 Å². The standard InChI is InChI=1S/C25H19Cl2N3O6S.Na/c1-13-18(26)9-10-20(24(13)37(33,34)35)29-30-22-16-6-4-3-5-14(16)11-17(23(22)31)25(32)28-15-7-8-19(27)21(12-15)36-2;/h3-12,31H,1-2H3,(H,28,32)(H,33,34,35);/q;+1/p-1. The van der Waals surface area contributed by atoms with E-state index in [2.05, 4.69) is 15.5 Å². The number of nitrogens with one attached hydrogen (secondary N) is 1. The number of hydrogen-bond acceptors (Lipinski definition) is 7. The van der Waals surface area contributed by atoms with E-state index in [1.165, 1.54) is 44.4 Å². The van der Waals surface area contributed by atoms with Crippen LogP contribution in [0.2, 0.25) is 10.0 Å². The Hall–Kier alpha value is -2.70. The van der Waals surface area contributed by atoms with Gasteiger partial charge in [-0.3, -0.25) is 9.35 Å². The summed E-state index contributed by atoms with van der Waals surface area (Å²) in [5, 5.41) is 25.3. The van der Waals surface area contributed by atoms with Crippen molar-refractivity contribution in [3.05, 3.63) is 81.8 Å². The average molecular weight is 582 g/mol. The molecule has 4 aromatic carbocycles. The van der Waals surface area contributed by atoms with E-state index in [9.17, 15) is 22.9 Å². The van der Waals surface area contributed by atoms with Crippen LogP contribution in [0.5, 0.6) is 11.5 Å². The second-order valence-corrected chi connectivity index (χ2v) is 9.99. The van der Waals surface area contributed by atoms with Crippen LogP contribution in [0.1, 0.15) is 15.9 Å². The number of fused-ring (bicyclic) bond motifs is 1. The minimum Gasteiger partial charge on any atom is -0.870 e. The van der Waals surface area contributed by atoms with Crippen LogP contribution in [0.15, 0.2) is 75.8 Å². The van der Waals surface area contributed by atoms with Gasteiger partial charge in [-0.05, 0) is 48.2 Å². The number of halogens is 2. The summed E-state index contributed by atoms with van der Waals surface area (Å²) in [4.78, 5) is 12.5. The molecule has 13 heteroatoms. The summed E-state index contributed by atoms with van der Waals surface area (Å²) in [6.45, 7) is 1.40. The van der Waals surface area contributed by atoms with Crippen molar-refractivity contribution in [3.8, 4) is 11.5 Å². The van der Waals surface area contributed by atoms with Gasteiger partial charge in [0.15, 0.2) is 0 Å². The molecule has 2 N–H and O–H groups in total. The maximum Gasteiger partial charge on any atom is 1.00 e. The number of carbonyl (C=O) groups is 1. The number of benzene rings is 4. The first-order chi connectivity index (χ1) is 17.5. The molecule has 0 atom stereocenters. The minimum atomic E-state index is -4.71. The van der Waals surface area contributed by atoms with Crippen molar-refractivity contribution in [1.82, 2.24) is 0 Å². The Bertz CT molecular complexity index is 1700. The monoisotopic (exact) mass is 581 g/mol. The van der Waals surface area contributed by atoms with Crippen LogP contribution in [0.3, 0.4) is 0 Å². The van der Waals surface area contributed by atoms with Crippen LogP contribution < -0.4 is 44.7 Å². The number of anilines is 1. The van der Waals surface area contributed by atoms with Crippen LogP contribution in [0.25, 0.3) is 10.8 Å². The molecule has 0 saturated carbocycles. The van der Waals surface area contributed by atoms with Gasteiger partial charge in [0.05, 0.1) is 17.8 Å². The van der Waals surface area contributed by atoms with Gasteiger partial charge < -0.3 is 15.2 Å². The number of rotatable bonds is 6. The molecule has 0 unspecified atom stereocenters. The first-order valence-electron chi connectivity index (χ1n) is 10.6. The quantitative estimate of drug-likeness (QED) is 0.203. The van der Waals surface area contributed by atoms with E-state index < -0.39 is 26.7 Å². The zero-order valence-corrected chi connectivity index (χ0v) is 24.6. The summed E-state index contributed by atoms with van der Waals surface area (Å²) < 4.78 is 38.8. The summed E-state index contributed by atoms with van der Waals surface area (Å²) in [7, 11) is -3.28. The van der Waals surface area contributed by atoms with E-state index in [0.29, 0.717) is 27.2 Å². The molecule has 0 spiro atoms. The van der Waals surface area contributed by atoms with Crippen LogP contribution in [-0.4, -0.2) is 26.0 Å². The molecule has 0 aromatic heterocycles. The molecule has 0 bridgehead atoms. The number of azo groups is 1. The van der Waals surface area contributed by atoms with E-state index in [-0.39, 0.29) is 57.1 Å². The van der Waals surface area contributed by atoms with Gasteiger partial charge >= 0.3 is 29.6 Å². The van der Waals surface area contributed by atoms with E-state index >= 15 is 0 Å². The van der Waals surface area contributed by atoms with E-state index in [1.54, 1.807) is 30.3 Å². The third-order valence-electron chi connectivity index (χ3n) is 5.46. The molecule has 0 heterocycles. The van der Waals surface area contributed by atoms with Crippen LogP contribution in [0.4, 0.5) is 17.1 Å². The Morgan fingerprint density at radius 3 is 2.39 bits per heavy atom. The molecule has 0 aliphatic heterocycles. The van der Waals surface area contributed by atoms with Crippen molar-refractivity contribution < 1.29 is 57.2 Å². The molecule has 4 aromatic rings. The smallest absolute Gasteiger partial charge is 0.870 e. The first-order valence-corrected chi connectivity index (χ1v) is 12.8. The third-order valence-corrected chi connectivity index (χ3v) is 7.22. The normalized spacial score (nSPS) is 11.4. The molecule has 0 saturated heterocycles. The molecule has 0 aliphatic rings. The van der Waals surface area contributed by atoms with Gasteiger partial charge in [0.25, 0.3) is 16.0 Å². The SMILES string of the molecule is COc1cc(NC(=O)c2cc3ccccc3c(N=Nc3ccc(Cl)c(C)c3S(=O)(=O)O)c2[O-])ccc1Cl.[Na+]. The molecule has 190 valence electrons. The summed E-state index contributed by atoms with van der Waals surface area (Å²) in [6.07, 6.45) is 0. The number of nitrogens with zero attached hydrogens (tertiary/aromatic N) is 2. The van der Waals surface area contributed by atoms with Crippen molar-refractivity contribution in [2.45, 2.75) is 11.8 Å². The minimum absolute atomic E-state index is 0. The molecule has 9 nitrogen and oxygen atoms in total. The van der Waals surface area contributed by atoms with Gasteiger partial charge in [-0.2, -0.15) is 13.5 Å². The summed E-state index contributed by atoms with van der Waals surface area (Å²) >= 11 is 12.0. The fourth-order valence-corrected chi connectivity index (χ4v) is 4.95. The van der Waals surface area contributed by atoms with E-state index in [1.807, 2.05) is 0 Å². The van der Waals surface area contributed by atoms with Crippen LogP contribution >= 0.6 is 23.2 Å². The average Bonchev–Trinajstić information content (AvgIpc) is 2.85. The number of carbonyl (C=O) groups excluding carboxylic acids is 1. The fraction of sp³-hybridized carbons (Fsp3) is 0.0800. The molecule has 0 fully saturated rings. The topological polar surface area (TPSA) is 140 Å². The third kappa shape index (κ3) is 6.13. The van der Waals surface area contributed by atoms with Crippen molar-refractivity contribution >= 4 is 67.1 Å². The largest absolute Gasteiger partial charge is 1.00 e. The maximum atomic E-state index is 13.4. The second kappa shape index (κ2) is 12.0. The predicted molar refractivity (Wildman–Crippen MR) is 140 cm³/mol. The fourth-order valence-electron chi connectivity index (χ4n) is 3.67. The molecular formula is C25H18Cl2N3NaO6S. The van der Waals surface area contributed by atoms with Gasteiger partial charge in [-0.15, -0.1) is 5.11 Å². The second-order valence-electron chi connectivity index (χ2n) is 7.82. The Kier molecular flexibility index (Phi) is 9.43. The molecule has 1 amide bonds. The summed E-state index contributed by atoms with van der Waals surface area (Å²) in [5.74, 6) is -1.11. The molecule has 0 radical (unpaired) electrons. The van der Waals surface area contributed by atoms with Gasteiger partial charge in [-0.25, -0.2) is 0 Å². The van der Waals surface area contributed by atoms with Gasteiger partial charge in [0.2, 0.25) is 0 Å². The Morgan fingerprint density at radius 1 is 1.03 bits per heavy atom. The van der Waals surface area contributed by atoms with Crippen LogP contribution in [0, 0.1) is 6.92 Å². The van der Waals surface area contributed by atoms with Crippen LogP contribution in [-0.2, 0) is 10.1 Å². The van der Waals surface area contributed by atoms with E-state index in [4.69, 9.17) is 27.9 Å². The zero-order chi connectivity index (χ0) is 26.9. The Balaban J connectivity index is 0.00000400. The zero-order valence-electron chi connectivity index (χ0n) is 20.3. The maximum absolute atomic E-state index is 13.4. The summed E-state index contributed by atoms with van der Waals surface area (Å²) in [6, 6.07) is 15.4. The molecule has 0 aliphatic carbocycles. The number of methoxy groups -OCH3 is 1. The number of amides is 1. The van der Waals surface area contributed by atoms with Crippen molar-refractivity contribution in [2.24, 2.45) is 10.2 Å². The summed E-state index contributed by atoms with van der Waals surface area (Å²) in [5.41, 5.74) is -0.221.